The number of phenolic OH excluding ortho intramolecular Hbond substituents is 2. The Kier molecular flexibility index (Phi) is 6.41. The van der Waals surface area contributed by atoms with E-state index in [4.69, 9.17) is 15.2 Å². The van der Waals surface area contributed by atoms with Gasteiger partial charge in [0.15, 0.2) is 17.8 Å². The van der Waals surface area contributed by atoms with Gasteiger partial charge in [0.2, 0.25) is 5.91 Å². The normalized spacial score (nSPS) is 14.0. The number of carbonyl (C=O) groups is 1. The van der Waals surface area contributed by atoms with E-state index < -0.39 is 12.3 Å². The number of phenols is 2. The van der Waals surface area contributed by atoms with Crippen LogP contribution in [0.15, 0.2) is 18.2 Å². The van der Waals surface area contributed by atoms with Crippen molar-refractivity contribution in [3.63, 3.8) is 0 Å². The first-order valence-corrected chi connectivity index (χ1v) is 6.51. The van der Waals surface area contributed by atoms with Crippen molar-refractivity contribution in [2.45, 2.75) is 31.7 Å². The fourth-order valence-electron chi connectivity index (χ4n) is 1.95. The van der Waals surface area contributed by atoms with Gasteiger partial charge in [0.05, 0.1) is 12.1 Å². The summed E-state index contributed by atoms with van der Waals surface area (Å²) in [7, 11) is 2.96. The van der Waals surface area contributed by atoms with Gasteiger partial charge in [0, 0.05) is 14.2 Å². The number of amides is 1. The standard InChI is InChI=1S/C14H22N2O5/c1-8(14(20-2)21-3)16-13(19)10(15)6-9-4-5-11(17)12(18)7-9/h4-5,7-8,10,14,17-18H,6,15H2,1-3H3,(H,16,19)/t8?,10-/m0/s1. The summed E-state index contributed by atoms with van der Waals surface area (Å²) < 4.78 is 10.1. The summed E-state index contributed by atoms with van der Waals surface area (Å²) in [6.45, 7) is 1.74. The molecule has 21 heavy (non-hydrogen) atoms. The number of hydrogen-bond donors (Lipinski definition) is 4. The quantitative estimate of drug-likeness (QED) is 0.419. The maximum absolute atomic E-state index is 12.0. The highest BCUT2D eigenvalue weighted by atomic mass is 16.7. The molecular weight excluding hydrogens is 276 g/mol. The van der Waals surface area contributed by atoms with E-state index >= 15 is 0 Å². The smallest absolute Gasteiger partial charge is 0.237 e. The van der Waals surface area contributed by atoms with Gasteiger partial charge in [-0.25, -0.2) is 0 Å². The van der Waals surface area contributed by atoms with Crippen LogP contribution in [0.5, 0.6) is 11.5 Å². The Hall–Kier alpha value is -1.83. The van der Waals surface area contributed by atoms with Crippen LogP contribution in [0.2, 0.25) is 0 Å². The maximum atomic E-state index is 12.0. The van der Waals surface area contributed by atoms with Crippen molar-refractivity contribution in [1.29, 1.82) is 0 Å². The minimum absolute atomic E-state index is 0.214. The molecule has 0 saturated heterocycles. The molecule has 118 valence electrons. The first-order valence-electron chi connectivity index (χ1n) is 6.51. The molecule has 0 spiro atoms. The second-order valence-corrected chi connectivity index (χ2v) is 4.77. The predicted octanol–water partition coefficient (Wildman–Crippen LogP) is 0.0912. The van der Waals surface area contributed by atoms with Gasteiger partial charge in [-0.05, 0) is 31.0 Å². The Morgan fingerprint density at radius 3 is 2.43 bits per heavy atom. The summed E-state index contributed by atoms with van der Waals surface area (Å²) in [5, 5.41) is 21.3. The molecule has 0 aliphatic carbocycles. The Bertz CT molecular complexity index is 476. The SMILES string of the molecule is COC(OC)C(C)NC(=O)[C@@H](N)Cc1ccc(O)c(O)c1. The van der Waals surface area contributed by atoms with Gasteiger partial charge in [-0.3, -0.25) is 4.79 Å². The third kappa shape index (κ3) is 4.89. The number of hydrogen-bond acceptors (Lipinski definition) is 6. The Morgan fingerprint density at radius 2 is 1.90 bits per heavy atom. The highest BCUT2D eigenvalue weighted by molar-refractivity contribution is 5.82. The summed E-state index contributed by atoms with van der Waals surface area (Å²) in [6, 6.07) is 3.18. The van der Waals surface area contributed by atoms with E-state index in [1.165, 1.54) is 26.4 Å². The number of nitrogens with two attached hydrogens (primary N) is 1. The fourth-order valence-corrected chi connectivity index (χ4v) is 1.95. The van der Waals surface area contributed by atoms with E-state index in [2.05, 4.69) is 5.32 Å². The van der Waals surface area contributed by atoms with E-state index in [0.29, 0.717) is 5.56 Å². The topological polar surface area (TPSA) is 114 Å². The van der Waals surface area contributed by atoms with E-state index in [1.54, 1.807) is 13.0 Å². The molecule has 5 N–H and O–H groups in total. The number of methoxy groups -OCH3 is 2. The molecule has 1 aromatic rings. The third-order valence-electron chi connectivity index (χ3n) is 3.08. The van der Waals surface area contributed by atoms with Crippen molar-refractivity contribution < 1.29 is 24.5 Å². The lowest BCUT2D eigenvalue weighted by Crippen LogP contribution is -2.50. The monoisotopic (exact) mass is 298 g/mol. The van der Waals surface area contributed by atoms with Gasteiger partial charge in [0.25, 0.3) is 0 Å². The molecule has 1 aromatic carbocycles. The van der Waals surface area contributed by atoms with Crippen molar-refractivity contribution in [2.75, 3.05) is 14.2 Å². The van der Waals surface area contributed by atoms with E-state index in [0.717, 1.165) is 0 Å². The molecule has 0 aliphatic heterocycles. The molecule has 0 fully saturated rings. The van der Waals surface area contributed by atoms with Crippen molar-refractivity contribution >= 4 is 5.91 Å². The lowest BCUT2D eigenvalue weighted by molar-refractivity contribution is -0.136. The number of nitrogens with one attached hydrogen (secondary N) is 1. The zero-order chi connectivity index (χ0) is 16.0. The molecule has 0 aliphatic rings. The molecule has 1 rings (SSSR count). The molecule has 0 saturated carbocycles. The second-order valence-electron chi connectivity index (χ2n) is 4.77. The molecular formula is C14H22N2O5. The highest BCUT2D eigenvalue weighted by Gasteiger charge is 2.22. The molecule has 1 unspecified atom stereocenters. The lowest BCUT2D eigenvalue weighted by Gasteiger charge is -2.23. The molecule has 0 radical (unpaired) electrons. The number of rotatable bonds is 7. The van der Waals surface area contributed by atoms with Crippen LogP contribution in [0.1, 0.15) is 12.5 Å². The first-order chi connectivity index (χ1) is 9.88. The van der Waals surface area contributed by atoms with Gasteiger partial charge in [-0.1, -0.05) is 6.07 Å². The van der Waals surface area contributed by atoms with E-state index in [1.807, 2.05) is 0 Å². The highest BCUT2D eigenvalue weighted by Crippen LogP contribution is 2.25. The molecule has 7 heteroatoms. The Balaban J connectivity index is 2.60. The van der Waals surface area contributed by atoms with Crippen LogP contribution in [0.4, 0.5) is 0 Å². The van der Waals surface area contributed by atoms with Crippen LogP contribution in [-0.4, -0.2) is 48.7 Å². The number of aromatic hydroxyl groups is 2. The molecule has 7 nitrogen and oxygen atoms in total. The van der Waals surface area contributed by atoms with Gasteiger partial charge in [0.1, 0.15) is 0 Å². The Labute approximate surface area is 123 Å². The third-order valence-corrected chi connectivity index (χ3v) is 3.08. The van der Waals surface area contributed by atoms with Gasteiger partial charge < -0.3 is 30.7 Å². The zero-order valence-corrected chi connectivity index (χ0v) is 12.4. The van der Waals surface area contributed by atoms with E-state index in [9.17, 15) is 15.0 Å². The Morgan fingerprint density at radius 1 is 1.29 bits per heavy atom. The van der Waals surface area contributed by atoms with Crippen LogP contribution in [-0.2, 0) is 20.7 Å². The average molecular weight is 298 g/mol. The molecule has 2 atom stereocenters. The van der Waals surface area contributed by atoms with Crippen LogP contribution >= 0.6 is 0 Å². The van der Waals surface area contributed by atoms with Gasteiger partial charge in [-0.2, -0.15) is 0 Å². The van der Waals surface area contributed by atoms with Crippen molar-refractivity contribution in [3.8, 4) is 11.5 Å². The van der Waals surface area contributed by atoms with Crippen molar-refractivity contribution in [3.05, 3.63) is 23.8 Å². The van der Waals surface area contributed by atoms with Crippen molar-refractivity contribution in [2.24, 2.45) is 5.73 Å². The average Bonchev–Trinajstić information content (AvgIpc) is 2.44. The van der Waals surface area contributed by atoms with E-state index in [-0.39, 0.29) is 29.9 Å². The summed E-state index contributed by atoms with van der Waals surface area (Å²) >= 11 is 0. The lowest BCUT2D eigenvalue weighted by atomic mass is 10.0. The molecule has 0 bridgehead atoms. The van der Waals surface area contributed by atoms with Crippen molar-refractivity contribution in [1.82, 2.24) is 5.32 Å². The minimum Gasteiger partial charge on any atom is -0.504 e. The molecule has 0 heterocycles. The van der Waals surface area contributed by atoms with Gasteiger partial charge >= 0.3 is 0 Å². The zero-order valence-electron chi connectivity index (χ0n) is 12.4. The summed E-state index contributed by atoms with van der Waals surface area (Å²) in [5.41, 5.74) is 6.48. The van der Waals surface area contributed by atoms with Crippen LogP contribution in [0.3, 0.4) is 0 Å². The fraction of sp³-hybridized carbons (Fsp3) is 0.500. The first kappa shape index (κ1) is 17.2. The second kappa shape index (κ2) is 7.82. The van der Waals surface area contributed by atoms with Crippen LogP contribution < -0.4 is 11.1 Å². The molecule has 0 aromatic heterocycles. The summed E-state index contributed by atoms with van der Waals surface area (Å²) in [4.78, 5) is 12.0. The van der Waals surface area contributed by atoms with Gasteiger partial charge in [-0.15, -0.1) is 0 Å². The molecule has 1 amide bonds. The summed E-state index contributed by atoms with van der Waals surface area (Å²) in [5.74, 6) is -0.810. The number of carbonyl (C=O) groups excluding carboxylic acids is 1. The van der Waals surface area contributed by atoms with Crippen LogP contribution in [0.25, 0.3) is 0 Å². The maximum Gasteiger partial charge on any atom is 0.237 e. The predicted molar refractivity (Wildman–Crippen MR) is 76.9 cm³/mol. The number of ether oxygens (including phenoxy) is 2. The summed E-state index contributed by atoms with van der Waals surface area (Å²) in [6.07, 6.45) is -0.323. The number of benzene rings is 1. The van der Waals surface area contributed by atoms with Crippen LogP contribution in [0, 0.1) is 0 Å². The minimum atomic E-state index is -0.786. The largest absolute Gasteiger partial charge is 0.504 e.